The molecular formula is C14H11BrClNO. The van der Waals surface area contributed by atoms with Gasteiger partial charge in [0.15, 0.2) is 5.78 Å². The van der Waals surface area contributed by atoms with E-state index < -0.39 is 0 Å². The number of aromatic nitrogens is 1. The van der Waals surface area contributed by atoms with Gasteiger partial charge in [-0.2, -0.15) is 0 Å². The van der Waals surface area contributed by atoms with Crippen LogP contribution in [0.5, 0.6) is 0 Å². The summed E-state index contributed by atoms with van der Waals surface area (Å²) in [4.78, 5) is 11.8. The molecule has 0 N–H and O–H groups in total. The van der Waals surface area contributed by atoms with E-state index in [1.165, 1.54) is 0 Å². The van der Waals surface area contributed by atoms with Crippen LogP contribution in [0.4, 0.5) is 0 Å². The molecule has 1 aliphatic carbocycles. The van der Waals surface area contributed by atoms with Crippen LogP contribution in [0.3, 0.4) is 0 Å². The van der Waals surface area contributed by atoms with Gasteiger partial charge in [-0.25, -0.2) is 0 Å². The summed E-state index contributed by atoms with van der Waals surface area (Å²) >= 11 is 9.50. The molecule has 18 heavy (non-hydrogen) atoms. The quantitative estimate of drug-likeness (QED) is 0.761. The monoisotopic (exact) mass is 323 g/mol. The Bertz CT molecular complexity index is 633. The number of hydrogen-bond donors (Lipinski definition) is 0. The van der Waals surface area contributed by atoms with Gasteiger partial charge in [-0.3, -0.25) is 4.79 Å². The van der Waals surface area contributed by atoms with Gasteiger partial charge in [0.25, 0.3) is 0 Å². The molecule has 0 spiro atoms. The van der Waals surface area contributed by atoms with Gasteiger partial charge in [0.05, 0.1) is 5.02 Å². The van der Waals surface area contributed by atoms with Crippen molar-refractivity contribution in [1.82, 2.24) is 4.57 Å². The first-order valence-electron chi connectivity index (χ1n) is 5.85. The Labute approximate surface area is 119 Å². The zero-order chi connectivity index (χ0) is 12.7. The van der Waals surface area contributed by atoms with Crippen LogP contribution in [0.1, 0.15) is 28.9 Å². The fourth-order valence-corrected chi connectivity index (χ4v) is 2.82. The van der Waals surface area contributed by atoms with Crippen molar-refractivity contribution in [2.75, 3.05) is 0 Å². The topological polar surface area (TPSA) is 22.0 Å². The maximum absolute atomic E-state index is 11.8. The van der Waals surface area contributed by atoms with E-state index in [9.17, 15) is 4.79 Å². The minimum Gasteiger partial charge on any atom is -0.320 e. The van der Waals surface area contributed by atoms with Crippen LogP contribution in [0.2, 0.25) is 5.02 Å². The number of nitrogens with zero attached hydrogens (tertiary/aromatic N) is 1. The largest absolute Gasteiger partial charge is 0.320 e. The van der Waals surface area contributed by atoms with Gasteiger partial charge in [-0.15, -0.1) is 0 Å². The fourth-order valence-electron chi connectivity index (χ4n) is 2.40. The van der Waals surface area contributed by atoms with Gasteiger partial charge in [0.1, 0.15) is 0 Å². The summed E-state index contributed by atoms with van der Waals surface area (Å²) in [5, 5.41) is 0.678. The summed E-state index contributed by atoms with van der Waals surface area (Å²) in [7, 11) is 0. The number of halogens is 2. The summed E-state index contributed by atoms with van der Waals surface area (Å²) in [6.45, 7) is 0. The molecule has 1 aliphatic rings. The number of ketones is 1. The highest BCUT2D eigenvalue weighted by molar-refractivity contribution is 9.10. The lowest BCUT2D eigenvalue weighted by Gasteiger charge is -2.15. The average molecular weight is 325 g/mol. The van der Waals surface area contributed by atoms with Crippen molar-refractivity contribution in [3.05, 3.63) is 51.2 Å². The van der Waals surface area contributed by atoms with Gasteiger partial charge < -0.3 is 4.57 Å². The Hall–Kier alpha value is -1.06. The second-order valence-corrected chi connectivity index (χ2v) is 5.68. The van der Waals surface area contributed by atoms with E-state index >= 15 is 0 Å². The molecule has 1 aromatic carbocycles. The van der Waals surface area contributed by atoms with Crippen LogP contribution in [0.15, 0.2) is 34.9 Å². The smallest absolute Gasteiger partial charge is 0.164 e. The molecule has 0 fully saturated rings. The number of benzene rings is 1. The van der Waals surface area contributed by atoms with Crippen molar-refractivity contribution in [3.63, 3.8) is 0 Å². The molecule has 4 heteroatoms. The molecule has 2 aromatic rings. The zero-order valence-electron chi connectivity index (χ0n) is 9.62. The lowest BCUT2D eigenvalue weighted by Crippen LogP contribution is -2.12. The third-order valence-corrected chi connectivity index (χ3v) is 4.52. The highest BCUT2D eigenvalue weighted by Gasteiger charge is 2.21. The summed E-state index contributed by atoms with van der Waals surface area (Å²) in [6.07, 6.45) is 4.49. The molecule has 1 aromatic heterocycles. The number of Topliss-reactive ketones (excluding diaryl/α,β-unsaturated/α-hetero) is 1. The maximum Gasteiger partial charge on any atom is 0.164 e. The van der Waals surface area contributed by atoms with Gasteiger partial charge >= 0.3 is 0 Å². The summed E-state index contributed by atoms with van der Waals surface area (Å²) in [6, 6.07) is 7.74. The van der Waals surface area contributed by atoms with Crippen molar-refractivity contribution in [2.24, 2.45) is 0 Å². The molecule has 0 unspecified atom stereocenters. The van der Waals surface area contributed by atoms with Gasteiger partial charge in [-0.05, 0) is 53.0 Å². The summed E-state index contributed by atoms with van der Waals surface area (Å²) in [5.41, 5.74) is 2.96. The Balaban J connectivity index is 2.12. The second kappa shape index (κ2) is 4.56. The van der Waals surface area contributed by atoms with Gasteiger partial charge in [0, 0.05) is 34.0 Å². The Morgan fingerprint density at radius 1 is 1.22 bits per heavy atom. The normalized spacial score (nSPS) is 14.7. The Kier molecular flexibility index (Phi) is 3.04. The Morgan fingerprint density at radius 2 is 2.06 bits per heavy atom. The molecule has 0 saturated carbocycles. The molecular weight excluding hydrogens is 314 g/mol. The van der Waals surface area contributed by atoms with Crippen LogP contribution in [-0.4, -0.2) is 10.4 Å². The van der Waals surface area contributed by atoms with E-state index in [1.807, 2.05) is 30.5 Å². The Morgan fingerprint density at radius 3 is 2.83 bits per heavy atom. The first kappa shape index (κ1) is 12.0. The number of fused-ring (bicyclic) bond motifs is 1. The van der Waals surface area contributed by atoms with Crippen LogP contribution in [0.25, 0.3) is 5.69 Å². The molecule has 0 amide bonds. The van der Waals surface area contributed by atoms with E-state index in [4.69, 9.17) is 11.6 Å². The van der Waals surface area contributed by atoms with Crippen LogP contribution in [0, 0.1) is 0 Å². The third kappa shape index (κ3) is 1.91. The number of hydrogen-bond acceptors (Lipinski definition) is 1. The predicted molar refractivity (Wildman–Crippen MR) is 75.7 cm³/mol. The van der Waals surface area contributed by atoms with Crippen LogP contribution >= 0.6 is 27.5 Å². The number of rotatable bonds is 1. The first-order valence-corrected chi connectivity index (χ1v) is 7.03. The minimum atomic E-state index is 0.248. The molecule has 0 atom stereocenters. The summed E-state index contributed by atoms with van der Waals surface area (Å²) < 4.78 is 2.94. The molecule has 0 saturated heterocycles. The third-order valence-electron chi connectivity index (χ3n) is 3.29. The molecule has 0 aliphatic heterocycles. The van der Waals surface area contributed by atoms with E-state index in [0.717, 1.165) is 34.3 Å². The van der Waals surface area contributed by atoms with Crippen molar-refractivity contribution < 1.29 is 4.79 Å². The predicted octanol–water partition coefficient (Wildman–Crippen LogP) is 4.41. The van der Waals surface area contributed by atoms with Crippen molar-refractivity contribution in [1.29, 1.82) is 0 Å². The van der Waals surface area contributed by atoms with E-state index in [1.54, 1.807) is 0 Å². The number of carbonyl (C=O) groups is 1. The molecule has 0 radical (unpaired) electrons. The lowest BCUT2D eigenvalue weighted by molar-refractivity contribution is 0.0972. The SMILES string of the molecule is O=C1CCCc2c1ccn2-c1ccc(Br)c(Cl)c1. The second-order valence-electron chi connectivity index (χ2n) is 4.42. The number of carbonyl (C=O) groups excluding carboxylic acids is 1. The minimum absolute atomic E-state index is 0.248. The average Bonchev–Trinajstić information content (AvgIpc) is 2.78. The highest BCUT2D eigenvalue weighted by atomic mass is 79.9. The van der Waals surface area contributed by atoms with Gasteiger partial charge in [-0.1, -0.05) is 11.6 Å². The molecule has 2 nitrogen and oxygen atoms in total. The van der Waals surface area contributed by atoms with Crippen molar-refractivity contribution in [2.45, 2.75) is 19.3 Å². The fraction of sp³-hybridized carbons (Fsp3) is 0.214. The van der Waals surface area contributed by atoms with Crippen LogP contribution in [-0.2, 0) is 6.42 Å². The zero-order valence-corrected chi connectivity index (χ0v) is 12.0. The molecule has 0 bridgehead atoms. The standard InChI is InChI=1S/C14H11BrClNO/c15-11-5-4-9(8-12(11)16)17-7-6-10-13(17)2-1-3-14(10)18/h4-8H,1-3H2. The highest BCUT2D eigenvalue weighted by Crippen LogP contribution is 2.29. The van der Waals surface area contributed by atoms with E-state index in [2.05, 4.69) is 20.5 Å². The summed E-state index contributed by atoms with van der Waals surface area (Å²) in [5.74, 6) is 0.248. The molecule has 3 rings (SSSR count). The van der Waals surface area contributed by atoms with E-state index in [-0.39, 0.29) is 5.78 Å². The van der Waals surface area contributed by atoms with Crippen molar-refractivity contribution in [3.8, 4) is 5.69 Å². The lowest BCUT2D eigenvalue weighted by atomic mass is 9.97. The van der Waals surface area contributed by atoms with Gasteiger partial charge in [0.2, 0.25) is 0 Å². The first-order chi connectivity index (χ1) is 8.66. The molecule has 92 valence electrons. The van der Waals surface area contributed by atoms with Crippen LogP contribution < -0.4 is 0 Å². The van der Waals surface area contributed by atoms with E-state index in [0.29, 0.717) is 11.4 Å². The maximum atomic E-state index is 11.8. The van der Waals surface area contributed by atoms with Crippen molar-refractivity contribution >= 4 is 33.3 Å². The molecule has 1 heterocycles.